The van der Waals surface area contributed by atoms with Crippen molar-refractivity contribution in [3.05, 3.63) is 63.9 Å². The Morgan fingerprint density at radius 1 is 1.10 bits per heavy atom. The summed E-state index contributed by atoms with van der Waals surface area (Å²) in [6.07, 6.45) is 0. The summed E-state index contributed by atoms with van der Waals surface area (Å²) in [4.78, 5) is 29.9. The molecule has 1 atom stereocenters. The van der Waals surface area contributed by atoms with Gasteiger partial charge >= 0.3 is 0 Å². The van der Waals surface area contributed by atoms with Crippen LogP contribution in [0.5, 0.6) is 0 Å². The lowest BCUT2D eigenvalue weighted by atomic mass is 10.2. The molecule has 8 heteroatoms. The second kappa shape index (κ2) is 9.49. The monoisotopic (exact) mass is 446 g/mol. The first-order valence-corrected chi connectivity index (χ1v) is 10.5. The molecule has 0 radical (unpaired) electrons. The van der Waals surface area contributed by atoms with Crippen molar-refractivity contribution >= 4 is 46.0 Å². The van der Waals surface area contributed by atoms with E-state index in [4.69, 9.17) is 23.2 Å². The Morgan fingerprint density at radius 2 is 1.83 bits per heavy atom. The second-order valence-corrected chi connectivity index (χ2v) is 8.41. The molecule has 158 valence electrons. The van der Waals surface area contributed by atoms with Gasteiger partial charge in [-0.05, 0) is 43.2 Å². The van der Waals surface area contributed by atoms with Crippen LogP contribution in [-0.4, -0.2) is 27.9 Å². The number of hydrogen-bond donors (Lipinski definition) is 2. The highest BCUT2D eigenvalue weighted by atomic mass is 35.5. The molecule has 2 amide bonds. The molecule has 1 aromatic heterocycles. The third-order valence-corrected chi connectivity index (χ3v) is 5.15. The fourth-order valence-electron chi connectivity index (χ4n) is 3.12. The number of aromatic nitrogens is 2. The van der Waals surface area contributed by atoms with Crippen LogP contribution < -0.4 is 10.6 Å². The normalized spacial score (nSPS) is 12.2. The molecule has 0 aliphatic carbocycles. The minimum Gasteiger partial charge on any atom is -0.354 e. The Balaban J connectivity index is 1.86. The SMILES string of the molecule is CC(C)CNC(=O)Cn1c(C(C)NC(=O)c2ccc(Cl)cc2Cl)nc2ccccc21. The molecule has 0 aliphatic heterocycles. The average molecular weight is 447 g/mol. The molecule has 30 heavy (non-hydrogen) atoms. The van der Waals surface area contributed by atoms with Gasteiger partial charge in [0.15, 0.2) is 0 Å². The zero-order valence-electron chi connectivity index (χ0n) is 17.1. The van der Waals surface area contributed by atoms with Gasteiger partial charge in [0, 0.05) is 11.6 Å². The van der Waals surface area contributed by atoms with Gasteiger partial charge in [-0.2, -0.15) is 0 Å². The largest absolute Gasteiger partial charge is 0.354 e. The number of benzene rings is 2. The number of nitrogens with one attached hydrogen (secondary N) is 2. The minimum atomic E-state index is -0.449. The summed E-state index contributed by atoms with van der Waals surface area (Å²) in [6.45, 7) is 6.62. The van der Waals surface area contributed by atoms with Gasteiger partial charge < -0.3 is 15.2 Å². The third kappa shape index (κ3) is 5.12. The van der Waals surface area contributed by atoms with E-state index in [1.807, 2.05) is 49.6 Å². The molecule has 2 aromatic carbocycles. The summed E-state index contributed by atoms with van der Waals surface area (Å²) >= 11 is 12.1. The molecule has 0 aliphatic rings. The van der Waals surface area contributed by atoms with Crippen molar-refractivity contribution in [1.82, 2.24) is 20.2 Å². The van der Waals surface area contributed by atoms with Crippen molar-refractivity contribution in [3.63, 3.8) is 0 Å². The van der Waals surface area contributed by atoms with Crippen LogP contribution in [-0.2, 0) is 11.3 Å². The van der Waals surface area contributed by atoms with E-state index in [2.05, 4.69) is 15.6 Å². The van der Waals surface area contributed by atoms with Crippen LogP contribution in [0.1, 0.15) is 43.0 Å². The highest BCUT2D eigenvalue weighted by molar-refractivity contribution is 6.36. The van der Waals surface area contributed by atoms with Crippen molar-refractivity contribution in [2.45, 2.75) is 33.4 Å². The Bertz CT molecular complexity index is 1080. The number of carbonyl (C=O) groups excluding carboxylic acids is 2. The Labute approximate surface area is 185 Å². The van der Waals surface area contributed by atoms with Gasteiger partial charge in [-0.1, -0.05) is 49.2 Å². The van der Waals surface area contributed by atoms with Crippen molar-refractivity contribution in [2.75, 3.05) is 6.54 Å². The molecule has 0 fully saturated rings. The maximum absolute atomic E-state index is 12.7. The molecule has 3 aromatic rings. The summed E-state index contributed by atoms with van der Waals surface area (Å²) in [5, 5.41) is 6.57. The van der Waals surface area contributed by atoms with E-state index in [0.717, 1.165) is 11.0 Å². The summed E-state index contributed by atoms with van der Waals surface area (Å²) in [5.41, 5.74) is 1.91. The number of fused-ring (bicyclic) bond motifs is 1. The molecule has 0 saturated heterocycles. The van der Waals surface area contributed by atoms with Crippen LogP contribution >= 0.6 is 23.2 Å². The van der Waals surface area contributed by atoms with Crippen molar-refractivity contribution < 1.29 is 9.59 Å². The predicted molar refractivity (Wildman–Crippen MR) is 120 cm³/mol. The van der Waals surface area contributed by atoms with Crippen LogP contribution in [0.15, 0.2) is 42.5 Å². The number of nitrogens with zero attached hydrogens (tertiary/aromatic N) is 2. The van der Waals surface area contributed by atoms with Gasteiger partial charge in [0.2, 0.25) is 5.91 Å². The third-order valence-electron chi connectivity index (χ3n) is 4.60. The standard InChI is InChI=1S/C22H24Cl2N4O2/c1-13(2)11-25-20(29)12-28-19-7-5-4-6-18(19)27-21(28)14(3)26-22(30)16-9-8-15(23)10-17(16)24/h4-10,13-14H,11-12H2,1-3H3,(H,25,29)(H,26,30). The van der Waals surface area contributed by atoms with Crippen LogP contribution in [0.3, 0.4) is 0 Å². The molecular weight excluding hydrogens is 423 g/mol. The molecule has 1 unspecified atom stereocenters. The molecule has 0 spiro atoms. The molecule has 0 saturated carbocycles. The lowest BCUT2D eigenvalue weighted by molar-refractivity contribution is -0.121. The van der Waals surface area contributed by atoms with E-state index in [1.165, 1.54) is 6.07 Å². The topological polar surface area (TPSA) is 76.0 Å². The Hall–Kier alpha value is -2.57. The van der Waals surface area contributed by atoms with E-state index < -0.39 is 6.04 Å². The van der Waals surface area contributed by atoms with Crippen molar-refractivity contribution in [1.29, 1.82) is 0 Å². The molecule has 3 rings (SSSR count). The first-order chi connectivity index (χ1) is 14.3. The smallest absolute Gasteiger partial charge is 0.253 e. The van der Waals surface area contributed by atoms with Crippen molar-refractivity contribution in [3.8, 4) is 0 Å². The number of para-hydroxylation sites is 2. The Kier molecular flexibility index (Phi) is 7.00. The average Bonchev–Trinajstić information content (AvgIpc) is 3.05. The maximum Gasteiger partial charge on any atom is 0.253 e. The molecule has 1 heterocycles. The first kappa shape index (κ1) is 22.1. The number of hydrogen-bond acceptors (Lipinski definition) is 3. The fourth-order valence-corrected chi connectivity index (χ4v) is 3.62. The predicted octanol–water partition coefficient (Wildman–Crippen LogP) is 4.61. The van der Waals surface area contributed by atoms with Gasteiger partial charge in [-0.15, -0.1) is 0 Å². The maximum atomic E-state index is 12.7. The zero-order valence-corrected chi connectivity index (χ0v) is 18.6. The fraction of sp³-hybridized carbons (Fsp3) is 0.318. The van der Waals surface area contributed by atoms with Gasteiger partial charge in [0.05, 0.1) is 27.7 Å². The number of carbonyl (C=O) groups is 2. The van der Waals surface area contributed by atoms with Gasteiger partial charge in [-0.3, -0.25) is 9.59 Å². The van der Waals surface area contributed by atoms with E-state index in [0.29, 0.717) is 28.9 Å². The minimum absolute atomic E-state index is 0.104. The lowest BCUT2D eigenvalue weighted by Gasteiger charge is -2.17. The highest BCUT2D eigenvalue weighted by Gasteiger charge is 2.21. The highest BCUT2D eigenvalue weighted by Crippen LogP contribution is 2.24. The summed E-state index contributed by atoms with van der Waals surface area (Å²) < 4.78 is 1.83. The van der Waals surface area contributed by atoms with Crippen LogP contribution in [0, 0.1) is 5.92 Å². The van der Waals surface area contributed by atoms with E-state index in [9.17, 15) is 9.59 Å². The van der Waals surface area contributed by atoms with Crippen LogP contribution in [0.25, 0.3) is 11.0 Å². The quantitative estimate of drug-likeness (QED) is 0.556. The lowest BCUT2D eigenvalue weighted by Crippen LogP contribution is -2.33. The molecule has 2 N–H and O–H groups in total. The van der Waals surface area contributed by atoms with E-state index >= 15 is 0 Å². The summed E-state index contributed by atoms with van der Waals surface area (Å²) in [5.74, 6) is 0.504. The number of halogens is 2. The Morgan fingerprint density at radius 3 is 2.53 bits per heavy atom. The summed E-state index contributed by atoms with van der Waals surface area (Å²) in [6, 6.07) is 11.8. The van der Waals surface area contributed by atoms with Crippen LogP contribution in [0.2, 0.25) is 10.0 Å². The first-order valence-electron chi connectivity index (χ1n) is 9.74. The van der Waals surface area contributed by atoms with Gasteiger partial charge in [-0.25, -0.2) is 4.98 Å². The molecular formula is C22H24Cl2N4O2. The number of imidazole rings is 1. The zero-order chi connectivity index (χ0) is 21.8. The second-order valence-electron chi connectivity index (χ2n) is 7.56. The van der Waals surface area contributed by atoms with E-state index in [-0.39, 0.29) is 23.4 Å². The van der Waals surface area contributed by atoms with E-state index in [1.54, 1.807) is 12.1 Å². The number of rotatable bonds is 7. The number of amides is 2. The molecule has 6 nitrogen and oxygen atoms in total. The van der Waals surface area contributed by atoms with Gasteiger partial charge in [0.25, 0.3) is 5.91 Å². The summed E-state index contributed by atoms with van der Waals surface area (Å²) in [7, 11) is 0. The van der Waals surface area contributed by atoms with Gasteiger partial charge in [0.1, 0.15) is 12.4 Å². The van der Waals surface area contributed by atoms with Crippen molar-refractivity contribution in [2.24, 2.45) is 5.92 Å². The molecule has 0 bridgehead atoms. The van der Waals surface area contributed by atoms with Crippen LogP contribution in [0.4, 0.5) is 0 Å².